The summed E-state index contributed by atoms with van der Waals surface area (Å²) in [4.78, 5) is 24.3. The molecule has 1 aromatic carbocycles. The highest BCUT2D eigenvalue weighted by Crippen LogP contribution is 2.12. The molecule has 0 saturated carbocycles. The molecular formula is C12H14N2O3. The minimum Gasteiger partial charge on any atom is -0.497 e. The van der Waals surface area contributed by atoms with E-state index in [-0.39, 0.29) is 18.4 Å². The van der Waals surface area contributed by atoms with Crippen LogP contribution in [0.1, 0.15) is 5.56 Å². The highest BCUT2D eigenvalue weighted by molar-refractivity contribution is 5.96. The lowest BCUT2D eigenvalue weighted by atomic mass is 10.1. The summed E-state index contributed by atoms with van der Waals surface area (Å²) < 4.78 is 5.03. The number of methoxy groups -OCH3 is 1. The van der Waals surface area contributed by atoms with Gasteiger partial charge in [-0.2, -0.15) is 0 Å². The summed E-state index contributed by atoms with van der Waals surface area (Å²) in [5.41, 5.74) is 0.871. The standard InChI is InChI=1S/C12H14N2O3/c1-17-10-4-2-9(3-5-10)8-11(15)14-7-6-13-12(14)16/h2-5H,6-8H2,1H3,(H,13,16). The molecule has 0 radical (unpaired) electrons. The highest BCUT2D eigenvalue weighted by Gasteiger charge is 2.25. The molecule has 1 aliphatic heterocycles. The van der Waals surface area contributed by atoms with Crippen LogP contribution in [0.5, 0.6) is 5.75 Å². The van der Waals surface area contributed by atoms with Gasteiger partial charge in [0, 0.05) is 13.1 Å². The summed E-state index contributed by atoms with van der Waals surface area (Å²) in [5, 5.41) is 2.60. The van der Waals surface area contributed by atoms with Crippen LogP contribution in [0.25, 0.3) is 0 Å². The molecule has 1 aromatic rings. The minimum atomic E-state index is -0.302. The molecule has 0 bridgehead atoms. The van der Waals surface area contributed by atoms with Crippen LogP contribution >= 0.6 is 0 Å². The molecular weight excluding hydrogens is 220 g/mol. The number of carbonyl (C=O) groups excluding carboxylic acids is 2. The van der Waals surface area contributed by atoms with Gasteiger partial charge >= 0.3 is 6.03 Å². The first-order valence-electron chi connectivity index (χ1n) is 5.42. The van der Waals surface area contributed by atoms with Crippen molar-refractivity contribution in [3.05, 3.63) is 29.8 Å². The summed E-state index contributed by atoms with van der Waals surface area (Å²) in [6.45, 7) is 0.987. The Morgan fingerprint density at radius 1 is 1.41 bits per heavy atom. The summed E-state index contributed by atoms with van der Waals surface area (Å²) in [6.07, 6.45) is 0.234. The smallest absolute Gasteiger partial charge is 0.324 e. The molecule has 0 aliphatic carbocycles. The number of carbonyl (C=O) groups is 2. The lowest BCUT2D eigenvalue weighted by Crippen LogP contribution is -2.35. The fourth-order valence-corrected chi connectivity index (χ4v) is 1.72. The number of nitrogens with zero attached hydrogens (tertiary/aromatic N) is 1. The van der Waals surface area contributed by atoms with E-state index in [1.807, 2.05) is 12.1 Å². The number of rotatable bonds is 3. The second-order valence-electron chi connectivity index (χ2n) is 3.80. The average molecular weight is 234 g/mol. The predicted octanol–water partition coefficient (Wildman–Crippen LogP) is 0.789. The molecule has 0 unspecified atom stereocenters. The number of nitrogens with one attached hydrogen (secondary N) is 1. The first kappa shape index (κ1) is 11.4. The zero-order valence-corrected chi connectivity index (χ0v) is 9.60. The maximum Gasteiger partial charge on any atom is 0.324 e. The number of imide groups is 1. The van der Waals surface area contributed by atoms with Crippen LogP contribution in [0, 0.1) is 0 Å². The summed E-state index contributed by atoms with van der Waals surface area (Å²) in [6, 6.07) is 6.94. The van der Waals surface area contributed by atoms with Crippen LogP contribution in [0.15, 0.2) is 24.3 Å². The van der Waals surface area contributed by atoms with E-state index in [0.29, 0.717) is 13.1 Å². The molecule has 1 fully saturated rings. The Morgan fingerprint density at radius 3 is 2.65 bits per heavy atom. The van der Waals surface area contributed by atoms with Gasteiger partial charge in [0.15, 0.2) is 0 Å². The number of benzene rings is 1. The zero-order chi connectivity index (χ0) is 12.3. The summed E-state index contributed by atoms with van der Waals surface area (Å²) in [7, 11) is 1.59. The molecule has 1 saturated heterocycles. The topological polar surface area (TPSA) is 58.6 Å². The van der Waals surface area contributed by atoms with Gasteiger partial charge in [0.25, 0.3) is 0 Å². The van der Waals surface area contributed by atoms with Gasteiger partial charge < -0.3 is 10.1 Å². The van der Waals surface area contributed by atoms with Crippen LogP contribution < -0.4 is 10.1 Å². The monoisotopic (exact) mass is 234 g/mol. The Hall–Kier alpha value is -2.04. The maximum atomic E-state index is 11.8. The molecule has 5 heteroatoms. The van der Waals surface area contributed by atoms with E-state index < -0.39 is 0 Å². The largest absolute Gasteiger partial charge is 0.497 e. The second-order valence-corrected chi connectivity index (χ2v) is 3.80. The third-order valence-corrected chi connectivity index (χ3v) is 2.67. The van der Waals surface area contributed by atoms with Crippen molar-refractivity contribution in [2.24, 2.45) is 0 Å². The predicted molar refractivity (Wildman–Crippen MR) is 61.8 cm³/mol. The van der Waals surface area contributed by atoms with Crippen molar-refractivity contribution < 1.29 is 14.3 Å². The fraction of sp³-hybridized carbons (Fsp3) is 0.333. The molecule has 1 N–H and O–H groups in total. The molecule has 1 heterocycles. The number of amides is 3. The van der Waals surface area contributed by atoms with E-state index in [9.17, 15) is 9.59 Å². The molecule has 0 aromatic heterocycles. The van der Waals surface area contributed by atoms with Crippen molar-refractivity contribution in [2.75, 3.05) is 20.2 Å². The molecule has 17 heavy (non-hydrogen) atoms. The summed E-state index contributed by atoms with van der Waals surface area (Å²) >= 11 is 0. The van der Waals surface area contributed by atoms with E-state index in [1.54, 1.807) is 19.2 Å². The van der Waals surface area contributed by atoms with Gasteiger partial charge in [-0.25, -0.2) is 4.79 Å². The number of hydrogen-bond acceptors (Lipinski definition) is 3. The first-order chi connectivity index (χ1) is 8.20. The normalized spacial score (nSPS) is 14.6. The molecule has 2 rings (SSSR count). The van der Waals surface area contributed by atoms with Gasteiger partial charge in [0.2, 0.25) is 5.91 Å². The van der Waals surface area contributed by atoms with Crippen molar-refractivity contribution in [3.8, 4) is 5.75 Å². The maximum absolute atomic E-state index is 11.8. The Balaban J connectivity index is 2.00. The van der Waals surface area contributed by atoms with E-state index in [0.717, 1.165) is 11.3 Å². The number of hydrogen-bond donors (Lipinski definition) is 1. The van der Waals surface area contributed by atoms with Crippen LogP contribution in [-0.4, -0.2) is 37.0 Å². The fourth-order valence-electron chi connectivity index (χ4n) is 1.72. The van der Waals surface area contributed by atoms with Crippen molar-refractivity contribution in [1.29, 1.82) is 0 Å². The molecule has 5 nitrogen and oxygen atoms in total. The van der Waals surface area contributed by atoms with E-state index in [2.05, 4.69) is 5.32 Å². The Bertz CT molecular complexity index is 428. The third-order valence-electron chi connectivity index (χ3n) is 2.67. The Kier molecular flexibility index (Phi) is 3.27. The first-order valence-corrected chi connectivity index (χ1v) is 5.42. The third kappa shape index (κ3) is 2.55. The summed E-state index contributed by atoms with van der Waals surface area (Å²) in [5.74, 6) is 0.574. The number of urea groups is 1. The zero-order valence-electron chi connectivity index (χ0n) is 9.60. The van der Waals surface area contributed by atoms with Crippen LogP contribution in [0.4, 0.5) is 4.79 Å². The number of ether oxygens (including phenoxy) is 1. The van der Waals surface area contributed by atoms with E-state index in [1.165, 1.54) is 4.90 Å². The van der Waals surface area contributed by atoms with Gasteiger partial charge in [-0.05, 0) is 17.7 Å². The lowest BCUT2D eigenvalue weighted by molar-refractivity contribution is -0.126. The minimum absolute atomic E-state index is 0.176. The molecule has 0 spiro atoms. The average Bonchev–Trinajstić information content (AvgIpc) is 2.76. The Morgan fingerprint density at radius 2 is 2.12 bits per heavy atom. The second kappa shape index (κ2) is 4.86. The van der Waals surface area contributed by atoms with Gasteiger partial charge in [0.1, 0.15) is 5.75 Å². The van der Waals surface area contributed by atoms with Gasteiger partial charge in [0.05, 0.1) is 13.5 Å². The molecule has 3 amide bonds. The highest BCUT2D eigenvalue weighted by atomic mass is 16.5. The Labute approximate surface area is 99.4 Å². The molecule has 1 aliphatic rings. The van der Waals surface area contributed by atoms with Crippen LogP contribution in [0.3, 0.4) is 0 Å². The van der Waals surface area contributed by atoms with Gasteiger partial charge in [-0.1, -0.05) is 12.1 Å². The van der Waals surface area contributed by atoms with Crippen molar-refractivity contribution >= 4 is 11.9 Å². The van der Waals surface area contributed by atoms with Crippen molar-refractivity contribution in [3.63, 3.8) is 0 Å². The van der Waals surface area contributed by atoms with Gasteiger partial charge in [-0.15, -0.1) is 0 Å². The van der Waals surface area contributed by atoms with Crippen LogP contribution in [-0.2, 0) is 11.2 Å². The molecule has 0 atom stereocenters. The van der Waals surface area contributed by atoms with Gasteiger partial charge in [-0.3, -0.25) is 9.69 Å². The van der Waals surface area contributed by atoms with E-state index >= 15 is 0 Å². The van der Waals surface area contributed by atoms with E-state index in [4.69, 9.17) is 4.74 Å². The van der Waals surface area contributed by atoms with Crippen LogP contribution in [0.2, 0.25) is 0 Å². The quantitative estimate of drug-likeness (QED) is 0.841. The molecule has 90 valence electrons. The lowest BCUT2D eigenvalue weighted by Gasteiger charge is -2.12. The van der Waals surface area contributed by atoms with Crippen molar-refractivity contribution in [1.82, 2.24) is 10.2 Å². The van der Waals surface area contributed by atoms with Crippen molar-refractivity contribution in [2.45, 2.75) is 6.42 Å². The SMILES string of the molecule is COc1ccc(CC(=O)N2CCNC2=O)cc1.